The Hall–Kier alpha value is -2.56. The van der Waals surface area contributed by atoms with Crippen LogP contribution in [-0.4, -0.2) is 36.4 Å². The van der Waals surface area contributed by atoms with E-state index in [0.717, 1.165) is 34.9 Å². The minimum Gasteiger partial charge on any atom is -0.496 e. The quantitative estimate of drug-likeness (QED) is 0.900. The summed E-state index contributed by atoms with van der Waals surface area (Å²) in [6.45, 7) is 0.985. The number of hydrogen-bond acceptors (Lipinski definition) is 3. The standard InChI is InChI=1S/C21H24N2O3/c1-26-19-10-6-14-4-2-3-5-17(14)18(19)12-22-21(25)15-7-11-20(24)23(13-15)16-8-9-16/h2-6,10,15-16H,7-9,11-13H2,1H3,(H,22,25)/t15-/m1/s1. The maximum absolute atomic E-state index is 12.7. The highest BCUT2D eigenvalue weighted by Gasteiger charge is 2.38. The van der Waals surface area contributed by atoms with Gasteiger partial charge in [0, 0.05) is 31.1 Å². The van der Waals surface area contributed by atoms with Gasteiger partial charge in [-0.15, -0.1) is 0 Å². The normalized spacial score (nSPS) is 20.3. The monoisotopic (exact) mass is 352 g/mol. The maximum Gasteiger partial charge on any atom is 0.225 e. The SMILES string of the molecule is COc1ccc2ccccc2c1CNC(=O)[C@@H]1CCC(=O)N(C2CC2)C1. The van der Waals surface area contributed by atoms with E-state index in [9.17, 15) is 9.59 Å². The molecule has 2 fully saturated rings. The molecule has 1 N–H and O–H groups in total. The number of piperidine rings is 1. The zero-order valence-electron chi connectivity index (χ0n) is 15.0. The molecule has 5 nitrogen and oxygen atoms in total. The highest BCUT2D eigenvalue weighted by atomic mass is 16.5. The van der Waals surface area contributed by atoms with Gasteiger partial charge in [0.25, 0.3) is 0 Å². The Kier molecular flexibility index (Phi) is 4.53. The summed E-state index contributed by atoms with van der Waals surface area (Å²) in [4.78, 5) is 26.7. The molecule has 1 saturated heterocycles. The summed E-state index contributed by atoms with van der Waals surface area (Å²) in [5, 5.41) is 5.29. The van der Waals surface area contributed by atoms with Crippen molar-refractivity contribution in [2.45, 2.75) is 38.3 Å². The van der Waals surface area contributed by atoms with Crippen molar-refractivity contribution in [3.8, 4) is 5.75 Å². The first kappa shape index (κ1) is 16.9. The minimum atomic E-state index is -0.116. The second-order valence-electron chi connectivity index (χ2n) is 7.20. The molecule has 2 aliphatic rings. The topological polar surface area (TPSA) is 58.6 Å². The van der Waals surface area contributed by atoms with E-state index in [1.807, 2.05) is 35.2 Å². The number of rotatable bonds is 5. The Labute approximate surface area is 153 Å². The number of benzene rings is 2. The number of nitrogens with one attached hydrogen (secondary N) is 1. The first-order valence-corrected chi connectivity index (χ1v) is 9.29. The van der Waals surface area contributed by atoms with Crippen molar-refractivity contribution in [1.82, 2.24) is 10.2 Å². The fourth-order valence-corrected chi connectivity index (χ4v) is 3.83. The lowest BCUT2D eigenvalue weighted by Gasteiger charge is -2.32. The van der Waals surface area contributed by atoms with Crippen molar-refractivity contribution in [2.24, 2.45) is 5.92 Å². The van der Waals surface area contributed by atoms with E-state index in [-0.39, 0.29) is 17.7 Å². The van der Waals surface area contributed by atoms with Crippen molar-refractivity contribution < 1.29 is 14.3 Å². The van der Waals surface area contributed by atoms with E-state index in [2.05, 4.69) is 11.4 Å². The van der Waals surface area contributed by atoms with Gasteiger partial charge in [0.2, 0.25) is 11.8 Å². The van der Waals surface area contributed by atoms with Gasteiger partial charge in [-0.1, -0.05) is 30.3 Å². The highest BCUT2D eigenvalue weighted by molar-refractivity contribution is 5.89. The Bertz CT molecular complexity index is 844. The molecule has 4 rings (SSSR count). The van der Waals surface area contributed by atoms with Crippen LogP contribution in [0.5, 0.6) is 5.75 Å². The third-order valence-electron chi connectivity index (χ3n) is 5.46. The van der Waals surface area contributed by atoms with Gasteiger partial charge in [0.1, 0.15) is 5.75 Å². The summed E-state index contributed by atoms with van der Waals surface area (Å²) in [5.41, 5.74) is 0.991. The largest absolute Gasteiger partial charge is 0.496 e. The molecule has 1 atom stereocenters. The third-order valence-corrected chi connectivity index (χ3v) is 5.46. The summed E-state index contributed by atoms with van der Waals surface area (Å²) >= 11 is 0. The number of nitrogens with zero attached hydrogens (tertiary/aromatic N) is 1. The molecule has 0 bridgehead atoms. The van der Waals surface area contributed by atoms with Gasteiger partial charge in [-0.05, 0) is 36.1 Å². The first-order valence-electron chi connectivity index (χ1n) is 9.29. The average Bonchev–Trinajstić information content (AvgIpc) is 3.51. The van der Waals surface area contributed by atoms with Gasteiger partial charge in [-0.25, -0.2) is 0 Å². The second-order valence-corrected chi connectivity index (χ2v) is 7.20. The van der Waals surface area contributed by atoms with Gasteiger partial charge < -0.3 is 15.0 Å². The van der Waals surface area contributed by atoms with Crippen LogP contribution in [0.3, 0.4) is 0 Å². The molecule has 1 heterocycles. The van der Waals surface area contributed by atoms with E-state index >= 15 is 0 Å². The van der Waals surface area contributed by atoms with Crippen molar-refractivity contribution in [3.63, 3.8) is 0 Å². The molecule has 2 aromatic rings. The first-order chi connectivity index (χ1) is 12.7. The lowest BCUT2D eigenvalue weighted by molar-refractivity contribution is -0.138. The number of hydrogen-bond donors (Lipinski definition) is 1. The van der Waals surface area contributed by atoms with Crippen LogP contribution in [0.25, 0.3) is 10.8 Å². The number of amides is 2. The molecule has 136 valence electrons. The van der Waals surface area contributed by atoms with E-state index in [1.54, 1.807) is 7.11 Å². The Morgan fingerprint density at radius 3 is 2.77 bits per heavy atom. The number of methoxy groups -OCH3 is 1. The third kappa shape index (κ3) is 3.26. The van der Waals surface area contributed by atoms with Gasteiger partial charge in [-0.3, -0.25) is 9.59 Å². The molecule has 26 heavy (non-hydrogen) atoms. The van der Waals surface area contributed by atoms with Crippen LogP contribution in [0.1, 0.15) is 31.2 Å². The lowest BCUT2D eigenvalue weighted by Crippen LogP contribution is -2.46. The zero-order chi connectivity index (χ0) is 18.1. The predicted octanol–water partition coefficient (Wildman–Crippen LogP) is 2.87. The molecule has 0 radical (unpaired) electrons. The fourth-order valence-electron chi connectivity index (χ4n) is 3.83. The summed E-state index contributed by atoms with van der Waals surface area (Å²) in [5.74, 6) is 0.891. The molecule has 0 aromatic heterocycles. The van der Waals surface area contributed by atoms with Gasteiger partial charge >= 0.3 is 0 Å². The molecule has 5 heteroatoms. The number of fused-ring (bicyclic) bond motifs is 1. The summed E-state index contributed by atoms with van der Waals surface area (Å²) in [6, 6.07) is 12.4. The molecule has 2 aromatic carbocycles. The van der Waals surface area contributed by atoms with Gasteiger partial charge in [0.15, 0.2) is 0 Å². The number of ether oxygens (including phenoxy) is 1. The predicted molar refractivity (Wildman–Crippen MR) is 99.8 cm³/mol. The summed E-state index contributed by atoms with van der Waals surface area (Å²) in [6.07, 6.45) is 3.27. The van der Waals surface area contributed by atoms with Crippen LogP contribution < -0.4 is 10.1 Å². The zero-order valence-corrected chi connectivity index (χ0v) is 15.0. The van der Waals surface area contributed by atoms with Crippen LogP contribution in [0, 0.1) is 5.92 Å². The minimum absolute atomic E-state index is 0.0261. The molecule has 0 spiro atoms. The fraction of sp³-hybridized carbons (Fsp3) is 0.429. The molecular weight excluding hydrogens is 328 g/mol. The van der Waals surface area contributed by atoms with Crippen LogP contribution >= 0.6 is 0 Å². The van der Waals surface area contributed by atoms with Crippen molar-refractivity contribution in [1.29, 1.82) is 0 Å². The van der Waals surface area contributed by atoms with Crippen LogP contribution in [0.2, 0.25) is 0 Å². The number of likely N-dealkylation sites (tertiary alicyclic amines) is 1. The van der Waals surface area contributed by atoms with E-state index < -0.39 is 0 Å². The van der Waals surface area contributed by atoms with Crippen molar-refractivity contribution in [2.75, 3.05) is 13.7 Å². The summed E-state index contributed by atoms with van der Waals surface area (Å²) in [7, 11) is 1.65. The second kappa shape index (κ2) is 6.98. The molecule has 1 aliphatic carbocycles. The number of carbonyl (C=O) groups is 2. The molecule has 1 saturated carbocycles. The van der Waals surface area contributed by atoms with E-state index in [4.69, 9.17) is 4.74 Å². The Morgan fingerprint density at radius 1 is 1.19 bits per heavy atom. The average molecular weight is 352 g/mol. The lowest BCUT2D eigenvalue weighted by atomic mass is 9.96. The van der Waals surface area contributed by atoms with Crippen LogP contribution in [0.15, 0.2) is 36.4 Å². The van der Waals surface area contributed by atoms with E-state index in [1.165, 1.54) is 0 Å². The van der Waals surface area contributed by atoms with Crippen LogP contribution in [-0.2, 0) is 16.1 Å². The summed E-state index contributed by atoms with van der Waals surface area (Å²) < 4.78 is 5.50. The molecule has 1 aliphatic heterocycles. The van der Waals surface area contributed by atoms with Crippen molar-refractivity contribution in [3.05, 3.63) is 42.0 Å². The molecule has 0 unspecified atom stereocenters. The Morgan fingerprint density at radius 2 is 2.00 bits per heavy atom. The number of carbonyl (C=O) groups excluding carboxylic acids is 2. The van der Waals surface area contributed by atoms with Gasteiger partial charge in [-0.2, -0.15) is 0 Å². The van der Waals surface area contributed by atoms with Crippen molar-refractivity contribution >= 4 is 22.6 Å². The van der Waals surface area contributed by atoms with Crippen LogP contribution in [0.4, 0.5) is 0 Å². The van der Waals surface area contributed by atoms with E-state index in [0.29, 0.717) is 32.0 Å². The molecule has 2 amide bonds. The Balaban J connectivity index is 1.47. The maximum atomic E-state index is 12.7. The smallest absolute Gasteiger partial charge is 0.225 e. The molecular formula is C21H24N2O3. The highest BCUT2D eigenvalue weighted by Crippen LogP contribution is 2.32. The van der Waals surface area contributed by atoms with Gasteiger partial charge in [0.05, 0.1) is 13.0 Å².